The van der Waals surface area contributed by atoms with Crippen molar-refractivity contribution >= 4 is 16.7 Å². The van der Waals surface area contributed by atoms with Crippen LogP contribution in [0.5, 0.6) is 0 Å². The number of benzene rings is 2. The number of aryl methyl sites for hydroxylation is 1. The predicted octanol–water partition coefficient (Wildman–Crippen LogP) is 4.11. The van der Waals surface area contributed by atoms with Gasteiger partial charge in [0.15, 0.2) is 5.78 Å². The molecule has 21 heavy (non-hydrogen) atoms. The van der Waals surface area contributed by atoms with Gasteiger partial charge in [-0.05, 0) is 36.8 Å². The molecule has 3 rings (SSSR count). The van der Waals surface area contributed by atoms with Crippen molar-refractivity contribution in [3.63, 3.8) is 0 Å². The Morgan fingerprint density at radius 3 is 2.57 bits per heavy atom. The highest BCUT2D eigenvalue weighted by Crippen LogP contribution is 2.20. The van der Waals surface area contributed by atoms with E-state index in [1.54, 1.807) is 12.1 Å². The predicted molar refractivity (Wildman–Crippen MR) is 80.9 cm³/mol. The van der Waals surface area contributed by atoms with E-state index in [4.69, 9.17) is 0 Å². The lowest BCUT2D eigenvalue weighted by molar-refractivity contribution is 0.0994. The average molecular weight is 279 g/mol. The fourth-order valence-corrected chi connectivity index (χ4v) is 2.42. The van der Waals surface area contributed by atoms with Crippen LogP contribution in [0.2, 0.25) is 0 Å². The maximum Gasteiger partial charge on any atom is 0.167 e. The first-order valence-corrected chi connectivity index (χ1v) is 6.77. The molecule has 2 nitrogen and oxygen atoms in total. The summed E-state index contributed by atoms with van der Waals surface area (Å²) in [5.41, 5.74) is 3.11. The maximum absolute atomic E-state index is 12.9. The van der Waals surface area contributed by atoms with Gasteiger partial charge in [0.05, 0.1) is 5.52 Å². The first-order chi connectivity index (χ1) is 10.1. The number of aromatic nitrogens is 1. The summed E-state index contributed by atoms with van der Waals surface area (Å²) >= 11 is 0. The molecule has 0 unspecified atom stereocenters. The molecule has 0 atom stereocenters. The van der Waals surface area contributed by atoms with Crippen LogP contribution in [0.4, 0.5) is 4.39 Å². The molecule has 0 aliphatic carbocycles. The summed E-state index contributed by atoms with van der Waals surface area (Å²) in [4.78, 5) is 17.0. The topological polar surface area (TPSA) is 30.0 Å². The molecule has 1 heterocycles. The van der Waals surface area contributed by atoms with Crippen LogP contribution in [0.1, 0.15) is 21.6 Å². The molecule has 0 aliphatic rings. The Labute approximate surface area is 122 Å². The minimum absolute atomic E-state index is 0.0170. The van der Waals surface area contributed by atoms with E-state index < -0.39 is 0 Å². The lowest BCUT2D eigenvalue weighted by Crippen LogP contribution is -2.05. The van der Waals surface area contributed by atoms with E-state index in [0.717, 1.165) is 22.2 Å². The first kappa shape index (κ1) is 13.4. The quantitative estimate of drug-likeness (QED) is 0.675. The van der Waals surface area contributed by atoms with E-state index in [-0.39, 0.29) is 18.0 Å². The zero-order valence-electron chi connectivity index (χ0n) is 11.6. The molecule has 0 amide bonds. The van der Waals surface area contributed by atoms with Gasteiger partial charge in [-0.1, -0.05) is 30.3 Å². The third-order valence-electron chi connectivity index (χ3n) is 3.42. The minimum Gasteiger partial charge on any atom is -0.294 e. The van der Waals surface area contributed by atoms with E-state index in [9.17, 15) is 9.18 Å². The standard InChI is InChI=1S/C18H14FNO/c1-12-10-16(15-4-2-3-5-17(15)20-12)18(21)11-13-6-8-14(19)9-7-13/h2-10H,11H2,1H3. The third kappa shape index (κ3) is 2.82. The van der Waals surface area contributed by atoms with Gasteiger partial charge in [0.2, 0.25) is 0 Å². The molecule has 0 saturated heterocycles. The summed E-state index contributed by atoms with van der Waals surface area (Å²) in [5.74, 6) is -0.278. The summed E-state index contributed by atoms with van der Waals surface area (Å²) in [6.07, 6.45) is 0.258. The number of rotatable bonds is 3. The fraction of sp³-hybridized carbons (Fsp3) is 0.111. The van der Waals surface area contributed by atoms with Crippen molar-refractivity contribution in [2.24, 2.45) is 0 Å². The van der Waals surface area contributed by atoms with Gasteiger partial charge in [-0.3, -0.25) is 9.78 Å². The van der Waals surface area contributed by atoms with Crippen LogP contribution in [0.15, 0.2) is 54.6 Å². The first-order valence-electron chi connectivity index (χ1n) is 6.77. The molecule has 0 fully saturated rings. The summed E-state index contributed by atoms with van der Waals surface area (Å²) in [7, 11) is 0. The largest absolute Gasteiger partial charge is 0.294 e. The third-order valence-corrected chi connectivity index (χ3v) is 3.42. The Balaban J connectivity index is 1.99. The smallest absolute Gasteiger partial charge is 0.167 e. The summed E-state index contributed by atoms with van der Waals surface area (Å²) in [6, 6.07) is 15.5. The second-order valence-corrected chi connectivity index (χ2v) is 5.05. The minimum atomic E-state index is -0.295. The maximum atomic E-state index is 12.9. The lowest BCUT2D eigenvalue weighted by atomic mass is 9.99. The average Bonchev–Trinajstić information content (AvgIpc) is 2.48. The van der Waals surface area contributed by atoms with Crippen LogP contribution in [0.25, 0.3) is 10.9 Å². The molecule has 3 heteroatoms. The SMILES string of the molecule is Cc1cc(C(=O)Cc2ccc(F)cc2)c2ccccc2n1. The van der Waals surface area contributed by atoms with Gasteiger partial charge in [0.1, 0.15) is 5.82 Å². The van der Waals surface area contributed by atoms with Crippen LogP contribution in [-0.4, -0.2) is 10.8 Å². The number of carbonyl (C=O) groups is 1. The van der Waals surface area contributed by atoms with Crippen molar-refractivity contribution in [3.8, 4) is 0 Å². The molecule has 0 bridgehead atoms. The molecule has 0 N–H and O–H groups in total. The molecule has 0 aliphatic heterocycles. The van der Waals surface area contributed by atoms with Gasteiger partial charge in [0, 0.05) is 23.1 Å². The van der Waals surface area contributed by atoms with Gasteiger partial charge >= 0.3 is 0 Å². The Hall–Kier alpha value is -2.55. The Morgan fingerprint density at radius 1 is 1.10 bits per heavy atom. The number of pyridine rings is 1. The number of ketones is 1. The fourth-order valence-electron chi connectivity index (χ4n) is 2.42. The van der Waals surface area contributed by atoms with Gasteiger partial charge in [-0.15, -0.1) is 0 Å². The van der Waals surface area contributed by atoms with E-state index >= 15 is 0 Å². The molecule has 104 valence electrons. The Kier molecular flexibility index (Phi) is 3.48. The summed E-state index contributed by atoms with van der Waals surface area (Å²) in [5, 5.41) is 0.857. The van der Waals surface area contributed by atoms with Crippen molar-refractivity contribution in [1.82, 2.24) is 4.98 Å². The normalized spacial score (nSPS) is 10.8. The number of carbonyl (C=O) groups excluding carboxylic acids is 1. The van der Waals surface area contributed by atoms with E-state index in [0.29, 0.717) is 5.56 Å². The second kappa shape index (κ2) is 5.44. The highest BCUT2D eigenvalue weighted by molar-refractivity contribution is 6.08. The molecular formula is C18H14FNO. The van der Waals surface area contributed by atoms with Crippen LogP contribution in [-0.2, 0) is 6.42 Å². The van der Waals surface area contributed by atoms with Gasteiger partial charge in [-0.25, -0.2) is 4.39 Å². The molecular weight excluding hydrogens is 265 g/mol. The van der Waals surface area contributed by atoms with Gasteiger partial charge in [0.25, 0.3) is 0 Å². The number of fused-ring (bicyclic) bond motifs is 1. The number of nitrogens with zero attached hydrogens (tertiary/aromatic N) is 1. The highest BCUT2D eigenvalue weighted by Gasteiger charge is 2.12. The van der Waals surface area contributed by atoms with Crippen molar-refractivity contribution < 1.29 is 9.18 Å². The summed E-state index contributed by atoms with van der Waals surface area (Å²) in [6.45, 7) is 1.88. The monoisotopic (exact) mass is 279 g/mol. The lowest BCUT2D eigenvalue weighted by Gasteiger charge is -2.07. The van der Waals surface area contributed by atoms with Crippen molar-refractivity contribution in [2.75, 3.05) is 0 Å². The van der Waals surface area contributed by atoms with Crippen LogP contribution >= 0.6 is 0 Å². The molecule has 0 spiro atoms. The highest BCUT2D eigenvalue weighted by atomic mass is 19.1. The second-order valence-electron chi connectivity index (χ2n) is 5.05. The van der Waals surface area contributed by atoms with Crippen LogP contribution in [0.3, 0.4) is 0 Å². The summed E-state index contributed by atoms with van der Waals surface area (Å²) < 4.78 is 12.9. The Morgan fingerprint density at radius 2 is 1.81 bits per heavy atom. The molecule has 0 saturated carbocycles. The number of hydrogen-bond donors (Lipinski definition) is 0. The number of para-hydroxylation sites is 1. The Bertz CT molecular complexity index is 809. The van der Waals surface area contributed by atoms with Crippen molar-refractivity contribution in [3.05, 3.63) is 77.2 Å². The zero-order valence-corrected chi connectivity index (χ0v) is 11.6. The molecule has 3 aromatic rings. The number of halogens is 1. The molecule has 0 radical (unpaired) electrons. The van der Waals surface area contributed by atoms with Crippen molar-refractivity contribution in [1.29, 1.82) is 0 Å². The molecule has 2 aromatic carbocycles. The van der Waals surface area contributed by atoms with Crippen LogP contribution < -0.4 is 0 Å². The van der Waals surface area contributed by atoms with E-state index in [1.165, 1.54) is 12.1 Å². The van der Waals surface area contributed by atoms with Gasteiger partial charge in [-0.2, -0.15) is 0 Å². The molecule has 1 aromatic heterocycles. The number of Topliss-reactive ketones (excluding diaryl/α,β-unsaturated/α-hetero) is 1. The van der Waals surface area contributed by atoms with E-state index in [1.807, 2.05) is 37.3 Å². The zero-order chi connectivity index (χ0) is 14.8. The van der Waals surface area contributed by atoms with E-state index in [2.05, 4.69) is 4.98 Å². The van der Waals surface area contributed by atoms with Crippen LogP contribution in [0, 0.1) is 12.7 Å². The number of hydrogen-bond acceptors (Lipinski definition) is 2. The van der Waals surface area contributed by atoms with Gasteiger partial charge < -0.3 is 0 Å². The van der Waals surface area contributed by atoms with Crippen molar-refractivity contribution in [2.45, 2.75) is 13.3 Å².